The van der Waals surface area contributed by atoms with Gasteiger partial charge in [-0.05, 0) is 33.4 Å². The fourth-order valence-electron chi connectivity index (χ4n) is 2.18. The summed E-state index contributed by atoms with van der Waals surface area (Å²) < 4.78 is 4.94. The number of nitrogens with zero attached hydrogens (tertiary/aromatic N) is 2. The number of anilines is 1. The Balaban J connectivity index is 2.59. The first-order valence-electron chi connectivity index (χ1n) is 7.42. The summed E-state index contributed by atoms with van der Waals surface area (Å²) in [6.07, 6.45) is 1.33. The minimum absolute atomic E-state index is 0.221. The first kappa shape index (κ1) is 17.9. The maximum absolute atomic E-state index is 11.5. The summed E-state index contributed by atoms with van der Waals surface area (Å²) in [5.74, 6) is 0.405. The van der Waals surface area contributed by atoms with Gasteiger partial charge in [-0.2, -0.15) is 0 Å². The third kappa shape index (κ3) is 7.43. The second kappa shape index (κ2) is 9.00. The fraction of sp³-hybridized carbons (Fsp3) is 0.733. The number of aromatic nitrogens is 1. The Morgan fingerprint density at radius 2 is 2.19 bits per heavy atom. The summed E-state index contributed by atoms with van der Waals surface area (Å²) in [4.78, 5) is 18.1. The number of nitrogens with one attached hydrogen (secondary N) is 1. The summed E-state index contributed by atoms with van der Waals surface area (Å²) in [7, 11) is 4.14. The van der Waals surface area contributed by atoms with Crippen molar-refractivity contribution in [3.63, 3.8) is 0 Å². The molecule has 0 saturated heterocycles. The average Bonchev–Trinajstić information content (AvgIpc) is 2.74. The molecule has 0 fully saturated rings. The molecule has 6 heteroatoms. The maximum atomic E-state index is 11.5. The molecule has 0 amide bonds. The standard InChI is InChI=1S/C15H27N3O2S/c1-6-20-14(19)8-13-10-21-15(17-13)16-12(7-11(2)3)9-18(4)5/h10-12H,6-9H2,1-5H3,(H,16,17). The Kier molecular flexibility index (Phi) is 7.67. The van der Waals surface area contributed by atoms with Gasteiger partial charge in [-0.3, -0.25) is 4.79 Å². The van der Waals surface area contributed by atoms with Gasteiger partial charge in [-0.15, -0.1) is 11.3 Å². The van der Waals surface area contributed by atoms with Crippen molar-refractivity contribution in [3.05, 3.63) is 11.1 Å². The van der Waals surface area contributed by atoms with E-state index in [0.29, 0.717) is 18.6 Å². The van der Waals surface area contributed by atoms with Crippen molar-refractivity contribution in [2.75, 3.05) is 32.6 Å². The number of carbonyl (C=O) groups excluding carboxylic acids is 1. The highest BCUT2D eigenvalue weighted by Crippen LogP contribution is 2.19. The Morgan fingerprint density at radius 1 is 1.48 bits per heavy atom. The van der Waals surface area contributed by atoms with Gasteiger partial charge >= 0.3 is 5.97 Å². The van der Waals surface area contributed by atoms with Gasteiger partial charge in [0.2, 0.25) is 0 Å². The lowest BCUT2D eigenvalue weighted by Crippen LogP contribution is -2.33. The third-order valence-corrected chi connectivity index (χ3v) is 3.67. The largest absolute Gasteiger partial charge is 0.466 e. The smallest absolute Gasteiger partial charge is 0.311 e. The highest BCUT2D eigenvalue weighted by molar-refractivity contribution is 7.13. The second-order valence-electron chi connectivity index (χ2n) is 5.86. The highest BCUT2D eigenvalue weighted by Gasteiger charge is 2.15. The number of likely N-dealkylation sites (N-methyl/N-ethyl adjacent to an activating group) is 1. The predicted molar refractivity (Wildman–Crippen MR) is 87.9 cm³/mol. The molecule has 1 N–H and O–H groups in total. The van der Waals surface area contributed by atoms with Crippen LogP contribution in [0.1, 0.15) is 32.9 Å². The van der Waals surface area contributed by atoms with Gasteiger partial charge in [-0.1, -0.05) is 13.8 Å². The number of hydrogen-bond donors (Lipinski definition) is 1. The quantitative estimate of drug-likeness (QED) is 0.710. The lowest BCUT2D eigenvalue weighted by atomic mass is 10.0. The molecule has 1 rings (SSSR count). The highest BCUT2D eigenvalue weighted by atomic mass is 32.1. The van der Waals surface area contributed by atoms with Crippen molar-refractivity contribution >= 4 is 22.4 Å². The monoisotopic (exact) mass is 313 g/mol. The van der Waals surface area contributed by atoms with Gasteiger partial charge in [0.15, 0.2) is 5.13 Å². The molecule has 0 bridgehead atoms. The molecule has 1 heterocycles. The van der Waals surface area contributed by atoms with E-state index in [4.69, 9.17) is 4.74 Å². The van der Waals surface area contributed by atoms with E-state index in [1.807, 2.05) is 12.3 Å². The van der Waals surface area contributed by atoms with E-state index in [0.717, 1.165) is 23.8 Å². The number of esters is 1. The topological polar surface area (TPSA) is 54.5 Å². The number of thiazole rings is 1. The normalized spacial score (nSPS) is 12.7. The first-order chi connectivity index (χ1) is 9.90. The summed E-state index contributed by atoms with van der Waals surface area (Å²) in [6.45, 7) is 7.62. The van der Waals surface area contributed by atoms with Crippen LogP contribution in [0.2, 0.25) is 0 Å². The van der Waals surface area contributed by atoms with Crippen molar-refractivity contribution < 1.29 is 9.53 Å². The average molecular weight is 313 g/mol. The zero-order chi connectivity index (χ0) is 15.8. The molecule has 0 aliphatic heterocycles. The molecule has 1 atom stereocenters. The van der Waals surface area contributed by atoms with Gasteiger partial charge in [0.05, 0.1) is 18.7 Å². The molecule has 0 spiro atoms. The predicted octanol–water partition coefficient (Wildman–Crippen LogP) is 2.64. The van der Waals surface area contributed by atoms with Gasteiger partial charge < -0.3 is 15.0 Å². The minimum atomic E-state index is -0.221. The van der Waals surface area contributed by atoms with Crippen LogP contribution in [-0.4, -0.2) is 49.1 Å². The number of hydrogen-bond acceptors (Lipinski definition) is 6. The Labute approximate surface area is 131 Å². The third-order valence-electron chi connectivity index (χ3n) is 2.85. The van der Waals surface area contributed by atoms with Crippen LogP contribution < -0.4 is 5.32 Å². The molecule has 0 aromatic carbocycles. The van der Waals surface area contributed by atoms with Gasteiger partial charge in [0.25, 0.3) is 0 Å². The molecule has 120 valence electrons. The zero-order valence-corrected chi connectivity index (χ0v) is 14.5. The van der Waals surface area contributed by atoms with Crippen molar-refractivity contribution in [2.24, 2.45) is 5.92 Å². The summed E-state index contributed by atoms with van der Waals surface area (Å²) in [5.41, 5.74) is 0.772. The molecule has 21 heavy (non-hydrogen) atoms. The summed E-state index contributed by atoms with van der Waals surface area (Å²) in [6, 6.07) is 0.363. The molecular weight excluding hydrogens is 286 g/mol. The summed E-state index contributed by atoms with van der Waals surface area (Å²) in [5, 5.41) is 6.28. The van der Waals surface area contributed by atoms with Gasteiger partial charge in [0.1, 0.15) is 0 Å². The Morgan fingerprint density at radius 3 is 2.76 bits per heavy atom. The number of rotatable bonds is 9. The lowest BCUT2D eigenvalue weighted by molar-refractivity contribution is -0.142. The van der Waals surface area contributed by atoms with E-state index in [-0.39, 0.29) is 12.4 Å². The maximum Gasteiger partial charge on any atom is 0.311 e. The van der Waals surface area contributed by atoms with Crippen molar-refractivity contribution in [1.82, 2.24) is 9.88 Å². The minimum Gasteiger partial charge on any atom is -0.466 e. The molecule has 0 aliphatic carbocycles. The summed E-state index contributed by atoms with van der Waals surface area (Å²) >= 11 is 1.54. The lowest BCUT2D eigenvalue weighted by Gasteiger charge is -2.23. The van der Waals surface area contributed by atoms with Crippen molar-refractivity contribution in [2.45, 2.75) is 39.7 Å². The van der Waals surface area contributed by atoms with Crippen LogP contribution in [0, 0.1) is 5.92 Å². The molecule has 1 aromatic rings. The van der Waals surface area contributed by atoms with Crippen molar-refractivity contribution in [3.8, 4) is 0 Å². The molecule has 1 aromatic heterocycles. The van der Waals surface area contributed by atoms with E-state index in [2.05, 4.69) is 43.1 Å². The molecule has 1 unspecified atom stereocenters. The van der Waals surface area contributed by atoms with Gasteiger partial charge in [0, 0.05) is 18.0 Å². The Hall–Kier alpha value is -1.14. The van der Waals surface area contributed by atoms with Crippen LogP contribution in [-0.2, 0) is 16.0 Å². The zero-order valence-electron chi connectivity index (χ0n) is 13.7. The van der Waals surface area contributed by atoms with Crippen LogP contribution >= 0.6 is 11.3 Å². The number of carbonyl (C=O) groups is 1. The molecular formula is C15H27N3O2S. The van der Waals surface area contributed by atoms with E-state index >= 15 is 0 Å². The van der Waals surface area contributed by atoms with E-state index in [9.17, 15) is 4.79 Å². The van der Waals surface area contributed by atoms with E-state index in [1.54, 1.807) is 11.3 Å². The van der Waals surface area contributed by atoms with Crippen LogP contribution in [0.25, 0.3) is 0 Å². The van der Waals surface area contributed by atoms with Crippen molar-refractivity contribution in [1.29, 1.82) is 0 Å². The first-order valence-corrected chi connectivity index (χ1v) is 8.30. The van der Waals surface area contributed by atoms with Crippen LogP contribution in [0.3, 0.4) is 0 Å². The molecule has 0 aliphatic rings. The Bertz CT molecular complexity index is 422. The van der Waals surface area contributed by atoms with Gasteiger partial charge in [-0.25, -0.2) is 4.98 Å². The van der Waals surface area contributed by atoms with E-state index < -0.39 is 0 Å². The SMILES string of the molecule is CCOC(=O)Cc1csc(NC(CC(C)C)CN(C)C)n1. The number of ether oxygens (including phenoxy) is 1. The second-order valence-corrected chi connectivity index (χ2v) is 6.72. The van der Waals surface area contributed by atoms with Crippen LogP contribution in [0.4, 0.5) is 5.13 Å². The molecule has 0 radical (unpaired) electrons. The molecule has 0 saturated carbocycles. The van der Waals surface area contributed by atoms with Crippen LogP contribution in [0.5, 0.6) is 0 Å². The van der Waals surface area contributed by atoms with Crippen LogP contribution in [0.15, 0.2) is 5.38 Å². The van der Waals surface area contributed by atoms with E-state index in [1.165, 1.54) is 0 Å². The fourth-order valence-corrected chi connectivity index (χ4v) is 2.97. The molecule has 5 nitrogen and oxygen atoms in total.